The zero-order valence-corrected chi connectivity index (χ0v) is 15.0. The maximum Gasteiger partial charge on any atom is 0.166 e. The Balaban J connectivity index is 1.81. The van der Waals surface area contributed by atoms with E-state index in [0.717, 1.165) is 58.5 Å². The molecule has 1 aromatic rings. The number of carbonyl (C=O) groups is 1. The van der Waals surface area contributed by atoms with Crippen LogP contribution in [0.15, 0.2) is 16.6 Å². The van der Waals surface area contributed by atoms with Gasteiger partial charge in [0.1, 0.15) is 0 Å². The highest BCUT2D eigenvalue weighted by Crippen LogP contribution is 2.41. The minimum Gasteiger partial charge on any atom is -0.374 e. The average molecular weight is 369 g/mol. The van der Waals surface area contributed by atoms with Gasteiger partial charge in [-0.25, -0.2) is 0 Å². The fourth-order valence-corrected chi connectivity index (χ4v) is 5.05. The lowest BCUT2D eigenvalue weighted by molar-refractivity contribution is -0.0734. The van der Waals surface area contributed by atoms with Crippen molar-refractivity contribution in [1.29, 1.82) is 0 Å². The summed E-state index contributed by atoms with van der Waals surface area (Å²) in [6.07, 6.45) is 2.85. The summed E-state index contributed by atoms with van der Waals surface area (Å²) in [6.45, 7) is 4.82. The number of benzene rings is 1. The second-order valence-electron chi connectivity index (χ2n) is 6.31. The van der Waals surface area contributed by atoms with E-state index in [0.29, 0.717) is 5.78 Å². The highest BCUT2D eigenvalue weighted by molar-refractivity contribution is 9.10. The molecular formula is C17H21BrO2S. The first kappa shape index (κ1) is 15.6. The molecule has 2 fully saturated rings. The maximum absolute atomic E-state index is 12.9. The van der Waals surface area contributed by atoms with Crippen molar-refractivity contribution in [1.82, 2.24) is 0 Å². The molecule has 2 unspecified atom stereocenters. The minimum absolute atomic E-state index is 0.0251. The van der Waals surface area contributed by atoms with E-state index < -0.39 is 0 Å². The van der Waals surface area contributed by atoms with Crippen LogP contribution in [0.3, 0.4) is 0 Å². The van der Waals surface area contributed by atoms with Crippen LogP contribution in [0.1, 0.15) is 40.7 Å². The number of Topliss-reactive ketones (excluding diaryl/α,β-unsaturated/α-hetero) is 1. The number of hydrogen-bond donors (Lipinski definition) is 0. The van der Waals surface area contributed by atoms with Crippen molar-refractivity contribution in [3.8, 4) is 0 Å². The molecule has 0 N–H and O–H groups in total. The van der Waals surface area contributed by atoms with E-state index in [-0.39, 0.29) is 11.5 Å². The molecular weight excluding hydrogens is 348 g/mol. The summed E-state index contributed by atoms with van der Waals surface area (Å²) < 4.78 is 7.13. The van der Waals surface area contributed by atoms with Crippen LogP contribution in [-0.4, -0.2) is 29.5 Å². The van der Waals surface area contributed by atoms with Gasteiger partial charge in [-0.2, -0.15) is 11.8 Å². The van der Waals surface area contributed by atoms with Gasteiger partial charge in [-0.1, -0.05) is 15.9 Å². The van der Waals surface area contributed by atoms with Gasteiger partial charge >= 0.3 is 0 Å². The second kappa shape index (κ2) is 6.05. The highest BCUT2D eigenvalue weighted by Gasteiger charge is 2.42. The molecule has 2 saturated heterocycles. The topological polar surface area (TPSA) is 26.3 Å². The number of hydrogen-bond acceptors (Lipinski definition) is 3. The molecule has 21 heavy (non-hydrogen) atoms. The van der Waals surface area contributed by atoms with Gasteiger partial charge < -0.3 is 4.74 Å². The fourth-order valence-electron chi connectivity index (χ4n) is 3.44. The van der Waals surface area contributed by atoms with Gasteiger partial charge in [0.05, 0.1) is 5.60 Å². The van der Waals surface area contributed by atoms with Crippen LogP contribution in [0.2, 0.25) is 0 Å². The molecule has 1 spiro atoms. The van der Waals surface area contributed by atoms with E-state index >= 15 is 0 Å². The molecule has 2 aliphatic heterocycles. The SMILES string of the molecule is Cc1cc(C(=O)C2CCOC3(CCSC3)C2)cc(C)c1Br. The molecule has 0 radical (unpaired) electrons. The average Bonchev–Trinajstić information content (AvgIpc) is 2.91. The lowest BCUT2D eigenvalue weighted by atomic mass is 9.81. The van der Waals surface area contributed by atoms with Crippen LogP contribution in [0, 0.1) is 19.8 Å². The Morgan fingerprint density at radius 2 is 2.10 bits per heavy atom. The Morgan fingerprint density at radius 1 is 1.38 bits per heavy atom. The van der Waals surface area contributed by atoms with Gasteiger partial charge in [-0.05, 0) is 62.1 Å². The third kappa shape index (κ3) is 3.08. The Kier molecular flexibility index (Phi) is 4.49. The summed E-state index contributed by atoms with van der Waals surface area (Å²) in [5, 5.41) is 0. The minimum atomic E-state index is -0.0251. The van der Waals surface area contributed by atoms with Gasteiger partial charge in [0, 0.05) is 28.3 Å². The van der Waals surface area contributed by atoms with Crippen molar-refractivity contribution in [2.24, 2.45) is 5.92 Å². The quantitative estimate of drug-likeness (QED) is 0.716. The number of halogens is 1. The number of aryl methyl sites for hydroxylation is 2. The zero-order chi connectivity index (χ0) is 15.0. The summed E-state index contributed by atoms with van der Waals surface area (Å²) >= 11 is 5.53. The summed E-state index contributed by atoms with van der Waals surface area (Å²) in [5.74, 6) is 2.64. The molecule has 0 amide bonds. The first-order chi connectivity index (χ1) is 10.0. The van der Waals surface area contributed by atoms with Crippen LogP contribution in [0.5, 0.6) is 0 Å². The Bertz CT molecular complexity index is 541. The molecule has 2 nitrogen and oxygen atoms in total. The lowest BCUT2D eigenvalue weighted by Gasteiger charge is -2.37. The number of ketones is 1. The standard InChI is InChI=1S/C17H21BrO2S/c1-11-7-14(8-12(2)15(11)18)16(19)13-3-5-20-17(9-13)4-6-21-10-17/h7-8,13H,3-6,9-10H2,1-2H3. The van der Waals surface area contributed by atoms with Crippen LogP contribution in [0.4, 0.5) is 0 Å². The molecule has 1 aromatic carbocycles. The number of rotatable bonds is 2. The summed E-state index contributed by atoms with van der Waals surface area (Å²) in [7, 11) is 0. The Morgan fingerprint density at radius 3 is 2.71 bits per heavy atom. The summed E-state index contributed by atoms with van der Waals surface area (Å²) in [5.41, 5.74) is 3.11. The van der Waals surface area contributed by atoms with E-state index in [2.05, 4.69) is 15.9 Å². The van der Waals surface area contributed by atoms with Crippen molar-refractivity contribution in [3.05, 3.63) is 33.3 Å². The molecule has 114 valence electrons. The smallest absolute Gasteiger partial charge is 0.166 e. The third-order valence-electron chi connectivity index (χ3n) is 4.65. The van der Waals surface area contributed by atoms with Crippen molar-refractivity contribution < 1.29 is 9.53 Å². The largest absolute Gasteiger partial charge is 0.374 e. The van der Waals surface area contributed by atoms with Crippen LogP contribution in [-0.2, 0) is 4.74 Å². The van der Waals surface area contributed by atoms with Crippen molar-refractivity contribution >= 4 is 33.5 Å². The Labute approximate surface area is 139 Å². The van der Waals surface area contributed by atoms with Crippen molar-refractivity contribution in [3.63, 3.8) is 0 Å². The van der Waals surface area contributed by atoms with Gasteiger partial charge in [-0.3, -0.25) is 4.79 Å². The predicted octanol–water partition coefficient (Wildman–Crippen LogP) is 4.55. The lowest BCUT2D eigenvalue weighted by Crippen LogP contribution is -2.42. The van der Waals surface area contributed by atoms with E-state index in [9.17, 15) is 4.79 Å². The van der Waals surface area contributed by atoms with E-state index in [1.165, 1.54) is 0 Å². The van der Waals surface area contributed by atoms with Crippen LogP contribution >= 0.6 is 27.7 Å². The van der Waals surface area contributed by atoms with Gasteiger partial charge in [0.15, 0.2) is 5.78 Å². The number of thioether (sulfide) groups is 1. The first-order valence-corrected chi connectivity index (χ1v) is 9.48. The molecule has 0 aromatic heterocycles. The van der Waals surface area contributed by atoms with E-state index in [1.807, 2.05) is 37.7 Å². The molecule has 0 saturated carbocycles. The predicted molar refractivity (Wildman–Crippen MR) is 91.3 cm³/mol. The fraction of sp³-hybridized carbons (Fsp3) is 0.588. The van der Waals surface area contributed by atoms with Crippen molar-refractivity contribution in [2.45, 2.75) is 38.7 Å². The van der Waals surface area contributed by atoms with Gasteiger partial charge in [-0.15, -0.1) is 0 Å². The molecule has 0 aliphatic carbocycles. The van der Waals surface area contributed by atoms with Crippen molar-refractivity contribution in [2.75, 3.05) is 18.1 Å². The third-order valence-corrected chi connectivity index (χ3v) is 7.13. The molecule has 3 rings (SSSR count). The van der Waals surface area contributed by atoms with Crippen LogP contribution < -0.4 is 0 Å². The monoisotopic (exact) mass is 368 g/mol. The van der Waals surface area contributed by atoms with E-state index in [1.54, 1.807) is 0 Å². The van der Waals surface area contributed by atoms with Crippen LogP contribution in [0.25, 0.3) is 0 Å². The van der Waals surface area contributed by atoms with Gasteiger partial charge in [0.25, 0.3) is 0 Å². The Hall–Kier alpha value is -0.320. The van der Waals surface area contributed by atoms with E-state index in [4.69, 9.17) is 4.74 Å². The van der Waals surface area contributed by atoms with Gasteiger partial charge in [0.2, 0.25) is 0 Å². The zero-order valence-electron chi connectivity index (χ0n) is 12.6. The number of carbonyl (C=O) groups excluding carboxylic acids is 1. The molecule has 4 heteroatoms. The number of ether oxygens (including phenoxy) is 1. The second-order valence-corrected chi connectivity index (χ2v) is 8.21. The highest BCUT2D eigenvalue weighted by atomic mass is 79.9. The summed E-state index contributed by atoms with van der Waals surface area (Å²) in [4.78, 5) is 12.9. The molecule has 2 atom stereocenters. The first-order valence-electron chi connectivity index (χ1n) is 7.53. The molecule has 0 bridgehead atoms. The summed E-state index contributed by atoms with van der Waals surface area (Å²) in [6, 6.07) is 4.04. The molecule has 2 heterocycles. The molecule has 2 aliphatic rings. The normalized spacial score (nSPS) is 29.0. The maximum atomic E-state index is 12.9.